The van der Waals surface area contributed by atoms with E-state index in [0.29, 0.717) is 6.42 Å². The molecule has 0 aromatic heterocycles. The molecule has 9 heavy (non-hydrogen) atoms. The van der Waals surface area contributed by atoms with Crippen molar-refractivity contribution < 1.29 is 5.11 Å². The third kappa shape index (κ3) is 2.82. The van der Waals surface area contributed by atoms with Crippen LogP contribution in [-0.4, -0.2) is 10.8 Å². The van der Waals surface area contributed by atoms with Gasteiger partial charge in [-0.2, -0.15) is 0 Å². The Kier molecular flexibility index (Phi) is 3.15. The van der Waals surface area contributed by atoms with Crippen molar-refractivity contribution in [2.45, 2.75) is 39.3 Å². The summed E-state index contributed by atoms with van der Waals surface area (Å²) < 4.78 is 0. The Balaban J connectivity index is 3.70. The number of hydrogen-bond acceptors (Lipinski definition) is 2. The van der Waals surface area contributed by atoms with Gasteiger partial charge in [0.15, 0.2) is 0 Å². The Morgan fingerprint density at radius 3 is 2.11 bits per heavy atom. The van der Waals surface area contributed by atoms with Crippen LogP contribution in [0.5, 0.6) is 0 Å². The van der Waals surface area contributed by atoms with Crippen LogP contribution in [0, 0.1) is 5.92 Å². The van der Waals surface area contributed by atoms with Gasteiger partial charge in [0, 0.05) is 0 Å². The molecule has 0 bridgehead atoms. The van der Waals surface area contributed by atoms with Crippen LogP contribution in [0.1, 0.15) is 33.6 Å². The lowest BCUT2D eigenvalue weighted by atomic mass is 9.96. The first kappa shape index (κ1) is 8.92. The average Bonchev–Trinajstić information content (AvgIpc) is 1.65. The van der Waals surface area contributed by atoms with E-state index in [1.165, 1.54) is 0 Å². The third-order valence-electron chi connectivity index (χ3n) is 1.65. The minimum Gasteiger partial charge on any atom is -0.376 e. The SMILES string of the molecule is CCCC(N)(O)C(C)C. The van der Waals surface area contributed by atoms with Crippen LogP contribution in [0.15, 0.2) is 0 Å². The molecule has 3 N–H and O–H groups in total. The van der Waals surface area contributed by atoms with E-state index < -0.39 is 5.72 Å². The molecule has 0 aromatic carbocycles. The molecule has 0 spiro atoms. The molecular weight excluding hydrogens is 114 g/mol. The van der Waals surface area contributed by atoms with Crippen LogP contribution in [0.2, 0.25) is 0 Å². The summed E-state index contributed by atoms with van der Waals surface area (Å²) in [4.78, 5) is 0. The Bertz CT molecular complexity index is 79.0. The van der Waals surface area contributed by atoms with E-state index >= 15 is 0 Å². The highest BCUT2D eigenvalue weighted by Crippen LogP contribution is 2.15. The van der Waals surface area contributed by atoms with Gasteiger partial charge in [-0.3, -0.25) is 0 Å². The number of aliphatic hydroxyl groups is 1. The summed E-state index contributed by atoms with van der Waals surface area (Å²) in [5, 5.41) is 9.37. The van der Waals surface area contributed by atoms with Crippen LogP contribution < -0.4 is 5.73 Å². The van der Waals surface area contributed by atoms with Gasteiger partial charge < -0.3 is 10.8 Å². The first-order valence-corrected chi connectivity index (χ1v) is 3.52. The molecule has 0 fully saturated rings. The standard InChI is InChI=1S/C7H17NO/c1-4-5-7(8,9)6(2)3/h6,9H,4-5,8H2,1-3H3. The van der Waals surface area contributed by atoms with Crippen molar-refractivity contribution in [3.05, 3.63) is 0 Å². The summed E-state index contributed by atoms with van der Waals surface area (Å²) in [6.07, 6.45) is 1.62. The molecule has 2 heteroatoms. The van der Waals surface area contributed by atoms with Gasteiger partial charge in [0.05, 0.1) is 0 Å². The maximum Gasteiger partial charge on any atom is 0.115 e. The minimum absolute atomic E-state index is 0.150. The minimum atomic E-state index is -0.950. The summed E-state index contributed by atoms with van der Waals surface area (Å²) in [5.41, 5.74) is 4.58. The quantitative estimate of drug-likeness (QED) is 0.563. The number of hydrogen-bond donors (Lipinski definition) is 2. The fourth-order valence-electron chi connectivity index (χ4n) is 0.689. The molecule has 0 aliphatic heterocycles. The summed E-state index contributed by atoms with van der Waals surface area (Å²) in [5.74, 6) is 0.150. The van der Waals surface area contributed by atoms with E-state index in [1.807, 2.05) is 20.8 Å². The van der Waals surface area contributed by atoms with E-state index in [-0.39, 0.29) is 5.92 Å². The van der Waals surface area contributed by atoms with Gasteiger partial charge >= 0.3 is 0 Å². The normalized spacial score (nSPS) is 18.0. The summed E-state index contributed by atoms with van der Waals surface area (Å²) in [6.45, 7) is 5.87. The fraction of sp³-hybridized carbons (Fsp3) is 1.00. The summed E-state index contributed by atoms with van der Waals surface area (Å²) >= 11 is 0. The van der Waals surface area contributed by atoms with Crippen molar-refractivity contribution in [3.8, 4) is 0 Å². The molecule has 0 saturated carbocycles. The predicted molar refractivity (Wildman–Crippen MR) is 38.9 cm³/mol. The highest BCUT2D eigenvalue weighted by Gasteiger charge is 2.23. The Morgan fingerprint density at radius 1 is 1.56 bits per heavy atom. The molecule has 0 saturated heterocycles. The molecule has 0 heterocycles. The predicted octanol–water partition coefficient (Wildman–Crippen LogP) is 1.09. The van der Waals surface area contributed by atoms with Crippen LogP contribution in [-0.2, 0) is 0 Å². The van der Waals surface area contributed by atoms with Crippen LogP contribution in [0.4, 0.5) is 0 Å². The zero-order chi connectivity index (χ0) is 7.49. The van der Waals surface area contributed by atoms with Crippen molar-refractivity contribution in [2.75, 3.05) is 0 Å². The van der Waals surface area contributed by atoms with Gasteiger partial charge in [0.2, 0.25) is 0 Å². The lowest BCUT2D eigenvalue weighted by Crippen LogP contribution is -2.44. The second-order valence-corrected chi connectivity index (χ2v) is 2.90. The Morgan fingerprint density at radius 2 is 2.00 bits per heavy atom. The lowest BCUT2D eigenvalue weighted by Gasteiger charge is -2.26. The maximum absolute atomic E-state index is 9.37. The molecule has 1 atom stereocenters. The van der Waals surface area contributed by atoms with Gasteiger partial charge in [-0.25, -0.2) is 0 Å². The number of nitrogens with two attached hydrogens (primary N) is 1. The van der Waals surface area contributed by atoms with Crippen molar-refractivity contribution >= 4 is 0 Å². The van der Waals surface area contributed by atoms with Crippen LogP contribution in [0.25, 0.3) is 0 Å². The Hall–Kier alpha value is -0.0800. The molecule has 56 valence electrons. The molecule has 1 unspecified atom stereocenters. The molecule has 0 amide bonds. The largest absolute Gasteiger partial charge is 0.376 e. The van der Waals surface area contributed by atoms with E-state index in [0.717, 1.165) is 6.42 Å². The number of rotatable bonds is 3. The summed E-state index contributed by atoms with van der Waals surface area (Å²) in [7, 11) is 0. The van der Waals surface area contributed by atoms with Gasteiger partial charge in [-0.15, -0.1) is 0 Å². The monoisotopic (exact) mass is 131 g/mol. The van der Waals surface area contributed by atoms with E-state index in [1.54, 1.807) is 0 Å². The second kappa shape index (κ2) is 3.18. The third-order valence-corrected chi connectivity index (χ3v) is 1.65. The zero-order valence-electron chi connectivity index (χ0n) is 6.52. The molecule has 2 nitrogen and oxygen atoms in total. The van der Waals surface area contributed by atoms with E-state index in [4.69, 9.17) is 5.73 Å². The van der Waals surface area contributed by atoms with Crippen LogP contribution in [0.3, 0.4) is 0 Å². The highest BCUT2D eigenvalue weighted by atomic mass is 16.3. The molecule has 0 aromatic rings. The summed E-state index contributed by atoms with van der Waals surface area (Å²) in [6, 6.07) is 0. The molecule has 0 radical (unpaired) electrons. The Labute approximate surface area is 57.1 Å². The molecular formula is C7H17NO. The van der Waals surface area contributed by atoms with Crippen molar-refractivity contribution in [3.63, 3.8) is 0 Å². The molecule has 0 rings (SSSR count). The first-order chi connectivity index (χ1) is 4.00. The molecule has 0 aliphatic carbocycles. The van der Waals surface area contributed by atoms with E-state index in [9.17, 15) is 5.11 Å². The van der Waals surface area contributed by atoms with E-state index in [2.05, 4.69) is 0 Å². The topological polar surface area (TPSA) is 46.2 Å². The highest BCUT2D eigenvalue weighted by molar-refractivity contribution is 4.72. The van der Waals surface area contributed by atoms with Crippen molar-refractivity contribution in [2.24, 2.45) is 11.7 Å². The zero-order valence-corrected chi connectivity index (χ0v) is 6.52. The fourth-order valence-corrected chi connectivity index (χ4v) is 0.689. The van der Waals surface area contributed by atoms with Crippen LogP contribution >= 0.6 is 0 Å². The van der Waals surface area contributed by atoms with Gasteiger partial charge in [0.1, 0.15) is 5.72 Å². The second-order valence-electron chi connectivity index (χ2n) is 2.90. The molecule has 0 aliphatic rings. The van der Waals surface area contributed by atoms with Gasteiger partial charge in [-0.05, 0) is 12.3 Å². The van der Waals surface area contributed by atoms with Gasteiger partial charge in [0.25, 0.3) is 0 Å². The first-order valence-electron chi connectivity index (χ1n) is 3.52. The maximum atomic E-state index is 9.37. The average molecular weight is 131 g/mol. The van der Waals surface area contributed by atoms with Crippen molar-refractivity contribution in [1.82, 2.24) is 0 Å². The van der Waals surface area contributed by atoms with Gasteiger partial charge in [-0.1, -0.05) is 27.2 Å². The van der Waals surface area contributed by atoms with Crippen molar-refractivity contribution in [1.29, 1.82) is 0 Å². The smallest absolute Gasteiger partial charge is 0.115 e. The lowest BCUT2D eigenvalue weighted by molar-refractivity contribution is -0.00754.